The molecule has 0 saturated heterocycles. The molecule has 7 aromatic carbocycles. The second-order valence-electron chi connectivity index (χ2n) is 10.8. The Bertz CT molecular complexity index is 1620. The number of hydrogen-bond acceptors (Lipinski definition) is 0. The molecule has 0 aromatic heterocycles. The summed E-state index contributed by atoms with van der Waals surface area (Å²) in [6.45, 7) is 0. The molecule has 0 spiro atoms. The minimum absolute atomic E-state index is 0. The summed E-state index contributed by atoms with van der Waals surface area (Å²) < 4.78 is 0. The van der Waals surface area contributed by atoms with Gasteiger partial charge in [-0.1, -0.05) is 218 Å². The number of benzene rings is 7. The van der Waals surface area contributed by atoms with Gasteiger partial charge in [0.25, 0.3) is 0 Å². The average Bonchev–Trinajstić information content (AvgIpc) is 3.65. The van der Waals surface area contributed by atoms with Gasteiger partial charge in [0, 0.05) is 25.9 Å². The molecular formula is C45H37P2Rh. The summed E-state index contributed by atoms with van der Waals surface area (Å²) in [6, 6.07) is 73.0. The molecule has 0 nitrogen and oxygen atoms in total. The van der Waals surface area contributed by atoms with Crippen LogP contribution in [-0.4, -0.2) is 0 Å². The first-order valence-electron chi connectivity index (χ1n) is 15.9. The fourth-order valence-electron chi connectivity index (χ4n) is 5.43. The third-order valence-corrected chi connectivity index (χ3v) is 12.5. The minimum atomic E-state index is -0.446. The second-order valence-corrected chi connectivity index (χ2v) is 15.3. The maximum absolute atomic E-state index is 2.23. The van der Waals surface area contributed by atoms with Crippen LogP contribution in [0.3, 0.4) is 0 Å². The third kappa shape index (κ3) is 9.66. The molecule has 0 atom stereocenters. The van der Waals surface area contributed by atoms with Crippen LogP contribution in [0.5, 0.6) is 0 Å². The number of fused-ring (bicyclic) bond motifs is 1. The van der Waals surface area contributed by atoms with E-state index in [0.29, 0.717) is 0 Å². The fourth-order valence-corrected chi connectivity index (χ4v) is 10.0. The van der Waals surface area contributed by atoms with Gasteiger partial charge in [0.1, 0.15) is 0 Å². The van der Waals surface area contributed by atoms with Crippen LogP contribution in [0.25, 0.3) is 6.08 Å². The molecule has 2 radical (unpaired) electrons. The van der Waals surface area contributed by atoms with Crippen LogP contribution >= 0.6 is 15.8 Å². The predicted molar refractivity (Wildman–Crippen MR) is 209 cm³/mol. The van der Waals surface area contributed by atoms with Gasteiger partial charge in [-0.2, -0.15) is 0 Å². The van der Waals surface area contributed by atoms with E-state index in [-0.39, 0.29) is 19.5 Å². The molecule has 3 heteroatoms. The molecule has 0 amide bonds. The van der Waals surface area contributed by atoms with Crippen LogP contribution < -0.4 is 31.8 Å². The summed E-state index contributed by atoms with van der Waals surface area (Å²) in [4.78, 5) is 0. The van der Waals surface area contributed by atoms with E-state index in [1.54, 1.807) is 0 Å². The summed E-state index contributed by atoms with van der Waals surface area (Å²) in [5, 5.41) is 8.39. The Morgan fingerprint density at radius 3 is 0.729 bits per heavy atom. The molecule has 0 bridgehead atoms. The van der Waals surface area contributed by atoms with Crippen LogP contribution in [0, 0.1) is 6.42 Å². The van der Waals surface area contributed by atoms with E-state index in [1.165, 1.54) is 43.0 Å². The molecule has 236 valence electrons. The Labute approximate surface area is 301 Å². The van der Waals surface area contributed by atoms with Gasteiger partial charge in [0.2, 0.25) is 0 Å². The first kappa shape index (κ1) is 35.1. The number of hydrogen-bond donors (Lipinski definition) is 0. The van der Waals surface area contributed by atoms with E-state index in [4.69, 9.17) is 0 Å². The number of rotatable bonds is 6. The van der Waals surface area contributed by atoms with E-state index in [2.05, 4.69) is 225 Å². The van der Waals surface area contributed by atoms with Crippen LogP contribution in [0.15, 0.2) is 212 Å². The van der Waals surface area contributed by atoms with Crippen molar-refractivity contribution in [2.75, 3.05) is 0 Å². The normalized spacial score (nSPS) is 11.0. The van der Waals surface area contributed by atoms with Gasteiger partial charge in [-0.15, -0.1) is 0 Å². The molecule has 48 heavy (non-hydrogen) atoms. The Morgan fingerprint density at radius 1 is 0.250 bits per heavy atom. The van der Waals surface area contributed by atoms with E-state index < -0.39 is 15.8 Å². The quantitative estimate of drug-likeness (QED) is 0.118. The summed E-state index contributed by atoms with van der Waals surface area (Å²) in [5.41, 5.74) is 2.66. The average molecular weight is 743 g/mol. The molecule has 0 fully saturated rings. The van der Waals surface area contributed by atoms with Gasteiger partial charge in [0.05, 0.1) is 0 Å². The molecule has 7 aromatic rings. The molecule has 0 N–H and O–H groups in total. The summed E-state index contributed by atoms with van der Waals surface area (Å²) in [6.07, 6.45) is 6.31. The molecule has 8 rings (SSSR count). The Kier molecular flexibility index (Phi) is 13.8. The van der Waals surface area contributed by atoms with E-state index >= 15 is 0 Å². The molecule has 0 unspecified atom stereocenters. The molecular weight excluding hydrogens is 705 g/mol. The molecule has 0 aliphatic heterocycles. The first-order chi connectivity index (χ1) is 23.4. The minimum Gasteiger partial charge on any atom is -0.0755 e. The van der Waals surface area contributed by atoms with Crippen LogP contribution in [0.2, 0.25) is 0 Å². The monoisotopic (exact) mass is 742 g/mol. The predicted octanol–water partition coefficient (Wildman–Crippen LogP) is 9.15. The van der Waals surface area contributed by atoms with Crippen molar-refractivity contribution in [1.82, 2.24) is 0 Å². The summed E-state index contributed by atoms with van der Waals surface area (Å²) >= 11 is 0. The SMILES string of the molecule is [CH]1C=Cc2ccccc21.[Rh].c1ccc(P(c2ccccc2)c2ccccc2)cc1.c1ccc(P(c2ccccc2)c2ccccc2)cc1. The first-order valence-corrected chi connectivity index (χ1v) is 18.6. The Morgan fingerprint density at radius 2 is 0.479 bits per heavy atom. The Balaban J connectivity index is 0.000000148. The van der Waals surface area contributed by atoms with Crippen LogP contribution in [0.1, 0.15) is 11.1 Å². The van der Waals surface area contributed by atoms with Crippen molar-refractivity contribution in [3.05, 3.63) is 230 Å². The van der Waals surface area contributed by atoms with E-state index in [9.17, 15) is 0 Å². The maximum Gasteiger partial charge on any atom is 0.0131 e. The van der Waals surface area contributed by atoms with Gasteiger partial charge < -0.3 is 0 Å². The van der Waals surface area contributed by atoms with Gasteiger partial charge in [-0.25, -0.2) is 0 Å². The zero-order valence-electron chi connectivity index (χ0n) is 26.6. The van der Waals surface area contributed by atoms with Crippen molar-refractivity contribution in [1.29, 1.82) is 0 Å². The standard InChI is InChI=1S/2C18H15P.C9H7.Rh/c2*1-4-10-16(11-5-1)19(17-12-6-2-7-13-17)18-14-8-3-9-15-18;1-2-5-9-7-3-6-8(9)4-1;/h2*1-15H;1-7H;. The van der Waals surface area contributed by atoms with Crippen molar-refractivity contribution in [3.63, 3.8) is 0 Å². The maximum atomic E-state index is 2.23. The van der Waals surface area contributed by atoms with Crippen molar-refractivity contribution >= 4 is 53.7 Å². The Hall–Kier alpha value is -4.24. The zero-order valence-corrected chi connectivity index (χ0v) is 30.0. The summed E-state index contributed by atoms with van der Waals surface area (Å²) in [7, 11) is -0.892. The van der Waals surface area contributed by atoms with Crippen molar-refractivity contribution in [3.8, 4) is 0 Å². The fraction of sp³-hybridized carbons (Fsp3) is 0. The van der Waals surface area contributed by atoms with E-state index in [0.717, 1.165) is 0 Å². The molecule has 0 saturated carbocycles. The van der Waals surface area contributed by atoms with Crippen LogP contribution in [0.4, 0.5) is 0 Å². The molecule has 0 heterocycles. The van der Waals surface area contributed by atoms with Gasteiger partial charge in [-0.3, -0.25) is 0 Å². The third-order valence-electron chi connectivity index (χ3n) is 7.63. The van der Waals surface area contributed by atoms with Crippen molar-refractivity contribution in [2.45, 2.75) is 0 Å². The smallest absolute Gasteiger partial charge is 0.0131 e. The van der Waals surface area contributed by atoms with Crippen LogP contribution in [-0.2, 0) is 19.5 Å². The molecule has 1 aliphatic rings. The summed E-state index contributed by atoms with van der Waals surface area (Å²) in [5.74, 6) is 0. The van der Waals surface area contributed by atoms with Crippen molar-refractivity contribution in [2.24, 2.45) is 0 Å². The van der Waals surface area contributed by atoms with E-state index in [1.807, 2.05) is 0 Å². The van der Waals surface area contributed by atoms with Crippen molar-refractivity contribution < 1.29 is 19.5 Å². The second kappa shape index (κ2) is 18.9. The topological polar surface area (TPSA) is 0 Å². The van der Waals surface area contributed by atoms with Gasteiger partial charge in [0.15, 0.2) is 0 Å². The van der Waals surface area contributed by atoms with Gasteiger partial charge >= 0.3 is 0 Å². The molecule has 1 aliphatic carbocycles. The zero-order chi connectivity index (χ0) is 31.9. The number of allylic oxidation sites excluding steroid dienone is 1. The van der Waals surface area contributed by atoms with Gasteiger partial charge in [-0.05, 0) is 58.8 Å². The largest absolute Gasteiger partial charge is 0.0755 e.